The van der Waals surface area contributed by atoms with Crippen molar-refractivity contribution >= 4 is 33.2 Å². The Bertz CT molecular complexity index is 929. The van der Waals surface area contributed by atoms with Crippen LogP contribution < -0.4 is 0 Å². The third-order valence-electron chi connectivity index (χ3n) is 5.12. The Morgan fingerprint density at radius 3 is 2.73 bits per heavy atom. The van der Waals surface area contributed by atoms with Crippen LogP contribution in [0.25, 0.3) is 0 Å². The molecule has 0 saturated carbocycles. The number of benzene rings is 1. The highest BCUT2D eigenvalue weighted by molar-refractivity contribution is 7.89. The predicted molar refractivity (Wildman–Crippen MR) is 99.9 cm³/mol. The van der Waals surface area contributed by atoms with Crippen LogP contribution in [0.2, 0.25) is 10.0 Å². The van der Waals surface area contributed by atoms with E-state index in [0.717, 1.165) is 56.7 Å². The van der Waals surface area contributed by atoms with Gasteiger partial charge in [0.25, 0.3) is 0 Å². The Kier molecular flexibility index (Phi) is 4.98. The van der Waals surface area contributed by atoms with Gasteiger partial charge >= 0.3 is 0 Å². The first-order valence-electron chi connectivity index (χ1n) is 8.87. The van der Waals surface area contributed by atoms with E-state index in [2.05, 4.69) is 14.8 Å². The van der Waals surface area contributed by atoms with E-state index in [0.29, 0.717) is 11.6 Å². The van der Waals surface area contributed by atoms with Gasteiger partial charge in [0.15, 0.2) is 5.82 Å². The first-order chi connectivity index (χ1) is 12.5. The lowest BCUT2D eigenvalue weighted by Crippen LogP contribution is -2.32. The number of hydrogen-bond acceptors (Lipinski definition) is 4. The zero-order valence-electron chi connectivity index (χ0n) is 14.2. The molecule has 1 atom stereocenters. The van der Waals surface area contributed by atoms with Crippen molar-refractivity contribution in [3.8, 4) is 0 Å². The molecule has 1 saturated heterocycles. The molecule has 9 heteroatoms. The zero-order valence-corrected chi connectivity index (χ0v) is 16.6. The van der Waals surface area contributed by atoms with Crippen LogP contribution in [0, 0.1) is 0 Å². The van der Waals surface area contributed by atoms with Crippen LogP contribution in [-0.4, -0.2) is 34.0 Å². The molecule has 0 radical (unpaired) electrons. The SMILES string of the molecule is O=S(=O)(c1cc(Cl)ccc1Cl)N1CCCC1c1nnc2n1CCCCC2. The van der Waals surface area contributed by atoms with Crippen LogP contribution in [0.15, 0.2) is 23.1 Å². The molecule has 0 bridgehead atoms. The fraction of sp³-hybridized carbons (Fsp3) is 0.529. The van der Waals surface area contributed by atoms with Gasteiger partial charge in [0.1, 0.15) is 10.7 Å². The van der Waals surface area contributed by atoms with E-state index in [1.54, 1.807) is 6.07 Å². The number of rotatable bonds is 3. The maximum absolute atomic E-state index is 13.3. The minimum atomic E-state index is -3.77. The molecule has 6 nitrogen and oxygen atoms in total. The van der Waals surface area contributed by atoms with E-state index < -0.39 is 10.0 Å². The van der Waals surface area contributed by atoms with E-state index in [9.17, 15) is 8.42 Å². The van der Waals surface area contributed by atoms with Crippen molar-refractivity contribution in [3.63, 3.8) is 0 Å². The molecule has 140 valence electrons. The standard InChI is InChI=1S/C17H20Cl2N4O2S/c18-12-7-8-13(19)15(11-12)26(24,25)23-10-4-5-14(23)17-21-20-16-6-2-1-3-9-22(16)17/h7-8,11,14H,1-6,9-10H2. The maximum Gasteiger partial charge on any atom is 0.245 e. The molecule has 0 amide bonds. The van der Waals surface area contributed by atoms with Crippen LogP contribution in [0.1, 0.15) is 49.8 Å². The van der Waals surface area contributed by atoms with Gasteiger partial charge in [-0.1, -0.05) is 29.6 Å². The molecule has 0 N–H and O–H groups in total. The van der Waals surface area contributed by atoms with Crippen LogP contribution >= 0.6 is 23.2 Å². The lowest BCUT2D eigenvalue weighted by Gasteiger charge is -2.24. The second-order valence-corrected chi connectivity index (χ2v) is 9.49. The highest BCUT2D eigenvalue weighted by Crippen LogP contribution is 2.38. The largest absolute Gasteiger partial charge is 0.314 e. The van der Waals surface area contributed by atoms with Gasteiger partial charge < -0.3 is 4.57 Å². The second-order valence-electron chi connectivity index (χ2n) is 6.79. The van der Waals surface area contributed by atoms with Crippen LogP contribution in [0.4, 0.5) is 0 Å². The van der Waals surface area contributed by atoms with E-state index in [1.165, 1.54) is 16.4 Å². The summed E-state index contributed by atoms with van der Waals surface area (Å²) in [6.07, 6.45) is 5.74. The Labute approximate surface area is 163 Å². The Hall–Kier alpha value is -1.15. The van der Waals surface area contributed by atoms with E-state index in [-0.39, 0.29) is 16.0 Å². The summed E-state index contributed by atoms with van der Waals surface area (Å²) in [5.41, 5.74) is 0. The lowest BCUT2D eigenvalue weighted by atomic mass is 10.2. The number of hydrogen-bond donors (Lipinski definition) is 0. The Morgan fingerprint density at radius 2 is 1.88 bits per heavy atom. The van der Waals surface area contributed by atoms with Crippen molar-refractivity contribution in [2.75, 3.05) is 6.54 Å². The molecular weight excluding hydrogens is 395 g/mol. The molecule has 2 aromatic rings. The highest BCUT2D eigenvalue weighted by Gasteiger charge is 2.40. The molecule has 4 rings (SSSR count). The molecule has 1 aromatic carbocycles. The summed E-state index contributed by atoms with van der Waals surface area (Å²) < 4.78 is 30.2. The van der Waals surface area contributed by atoms with Crippen molar-refractivity contribution in [3.05, 3.63) is 39.9 Å². The van der Waals surface area contributed by atoms with Gasteiger partial charge in [-0.15, -0.1) is 10.2 Å². The number of halogens is 2. The minimum Gasteiger partial charge on any atom is -0.314 e. The van der Waals surface area contributed by atoms with Crippen LogP contribution in [0.5, 0.6) is 0 Å². The molecule has 0 aliphatic carbocycles. The number of aromatic nitrogens is 3. The monoisotopic (exact) mass is 414 g/mol. The number of aryl methyl sites for hydroxylation is 1. The fourth-order valence-corrected chi connectivity index (χ4v) is 6.24. The molecule has 1 aromatic heterocycles. The maximum atomic E-state index is 13.3. The topological polar surface area (TPSA) is 68.1 Å². The van der Waals surface area contributed by atoms with Gasteiger partial charge in [-0.25, -0.2) is 8.42 Å². The van der Waals surface area contributed by atoms with Gasteiger partial charge in [0, 0.05) is 24.5 Å². The number of sulfonamides is 1. The van der Waals surface area contributed by atoms with E-state index >= 15 is 0 Å². The molecule has 26 heavy (non-hydrogen) atoms. The molecule has 1 fully saturated rings. The van der Waals surface area contributed by atoms with Crippen molar-refractivity contribution in [2.45, 2.75) is 56.0 Å². The highest BCUT2D eigenvalue weighted by atomic mass is 35.5. The van der Waals surface area contributed by atoms with Crippen LogP contribution in [0.3, 0.4) is 0 Å². The van der Waals surface area contributed by atoms with Crippen LogP contribution in [-0.2, 0) is 23.0 Å². The normalized spacial score (nSPS) is 21.5. The summed E-state index contributed by atoms with van der Waals surface area (Å²) >= 11 is 12.2. The Balaban J connectivity index is 1.73. The van der Waals surface area contributed by atoms with Gasteiger partial charge in [-0.2, -0.15) is 4.31 Å². The first-order valence-corrected chi connectivity index (χ1v) is 11.1. The second kappa shape index (κ2) is 7.11. The van der Waals surface area contributed by atoms with Crippen molar-refractivity contribution in [2.24, 2.45) is 0 Å². The van der Waals surface area contributed by atoms with Gasteiger partial charge in [0.05, 0.1) is 11.1 Å². The van der Waals surface area contributed by atoms with Gasteiger partial charge in [0.2, 0.25) is 10.0 Å². The average Bonchev–Trinajstić information content (AvgIpc) is 3.18. The fourth-order valence-electron chi connectivity index (χ4n) is 3.84. The minimum absolute atomic E-state index is 0.0502. The number of nitrogens with zero attached hydrogens (tertiary/aromatic N) is 4. The molecule has 1 unspecified atom stereocenters. The summed E-state index contributed by atoms with van der Waals surface area (Å²) in [6, 6.07) is 4.21. The molecule has 3 heterocycles. The van der Waals surface area contributed by atoms with Crippen molar-refractivity contribution in [1.29, 1.82) is 0 Å². The van der Waals surface area contributed by atoms with E-state index in [1.807, 2.05) is 0 Å². The lowest BCUT2D eigenvalue weighted by molar-refractivity contribution is 0.370. The predicted octanol–water partition coefficient (Wildman–Crippen LogP) is 3.84. The molecular formula is C17H20Cl2N4O2S. The summed E-state index contributed by atoms with van der Waals surface area (Å²) in [4.78, 5) is 0.0502. The molecule has 2 aliphatic rings. The zero-order chi connectivity index (χ0) is 18.3. The summed E-state index contributed by atoms with van der Waals surface area (Å²) in [5, 5.41) is 9.22. The van der Waals surface area contributed by atoms with Crippen molar-refractivity contribution in [1.82, 2.24) is 19.1 Å². The smallest absolute Gasteiger partial charge is 0.245 e. The van der Waals surface area contributed by atoms with Crippen molar-refractivity contribution < 1.29 is 8.42 Å². The third kappa shape index (κ3) is 3.15. The molecule has 2 aliphatic heterocycles. The third-order valence-corrected chi connectivity index (χ3v) is 7.74. The average molecular weight is 415 g/mol. The summed E-state index contributed by atoms with van der Waals surface area (Å²) in [6.45, 7) is 1.29. The summed E-state index contributed by atoms with van der Waals surface area (Å²) in [7, 11) is -3.77. The first kappa shape index (κ1) is 18.2. The quantitative estimate of drug-likeness (QED) is 0.764. The van der Waals surface area contributed by atoms with Gasteiger partial charge in [-0.05, 0) is 43.9 Å². The number of fused-ring (bicyclic) bond motifs is 1. The van der Waals surface area contributed by atoms with E-state index in [4.69, 9.17) is 23.2 Å². The van der Waals surface area contributed by atoms with Gasteiger partial charge in [-0.3, -0.25) is 0 Å². The molecule has 0 spiro atoms. The Morgan fingerprint density at radius 1 is 1.04 bits per heavy atom. The summed E-state index contributed by atoms with van der Waals surface area (Å²) in [5.74, 6) is 1.71.